The van der Waals surface area contributed by atoms with E-state index in [1.807, 2.05) is 61.7 Å². The standard InChI is InChI=1S/C18H16IN3O/c1-13-9-15(19)7-8-17(13)21-18(23)10-14-11-20-22(12-14)16-5-3-2-4-6-16/h2-9,11-12H,10H2,1H3,(H,21,23). The van der Waals surface area contributed by atoms with Gasteiger partial charge in [-0.25, -0.2) is 4.68 Å². The predicted octanol–water partition coefficient (Wildman–Crippen LogP) is 3.97. The van der Waals surface area contributed by atoms with Crippen LogP contribution >= 0.6 is 22.6 Å². The Morgan fingerprint density at radius 2 is 2.00 bits per heavy atom. The molecule has 1 N–H and O–H groups in total. The SMILES string of the molecule is Cc1cc(I)ccc1NC(=O)Cc1cnn(-c2ccccc2)c1. The van der Waals surface area contributed by atoms with E-state index in [9.17, 15) is 4.79 Å². The van der Waals surface area contributed by atoms with Gasteiger partial charge < -0.3 is 5.32 Å². The van der Waals surface area contributed by atoms with Crippen molar-refractivity contribution in [2.24, 2.45) is 0 Å². The van der Waals surface area contributed by atoms with Gasteiger partial charge in [0.1, 0.15) is 0 Å². The maximum Gasteiger partial charge on any atom is 0.228 e. The molecule has 0 atom stereocenters. The highest BCUT2D eigenvalue weighted by atomic mass is 127. The van der Waals surface area contributed by atoms with Crippen molar-refractivity contribution >= 4 is 34.2 Å². The molecule has 3 rings (SSSR count). The highest BCUT2D eigenvalue weighted by molar-refractivity contribution is 14.1. The number of halogens is 1. The number of amides is 1. The first-order valence-corrected chi connectivity index (χ1v) is 8.35. The Balaban J connectivity index is 1.68. The van der Waals surface area contributed by atoms with E-state index in [1.165, 1.54) is 0 Å². The number of para-hydroxylation sites is 1. The van der Waals surface area contributed by atoms with Gasteiger partial charge in [0.25, 0.3) is 0 Å². The monoisotopic (exact) mass is 417 g/mol. The number of aromatic nitrogens is 2. The van der Waals surface area contributed by atoms with Gasteiger partial charge in [0.05, 0.1) is 18.3 Å². The number of carbonyl (C=O) groups is 1. The number of hydrogen-bond acceptors (Lipinski definition) is 2. The lowest BCUT2D eigenvalue weighted by molar-refractivity contribution is -0.115. The Kier molecular flexibility index (Phi) is 4.76. The molecule has 2 aromatic carbocycles. The topological polar surface area (TPSA) is 46.9 Å². The average molecular weight is 417 g/mol. The second-order valence-electron chi connectivity index (χ2n) is 5.31. The molecule has 1 aromatic heterocycles. The molecule has 0 saturated carbocycles. The number of anilines is 1. The van der Waals surface area contributed by atoms with Crippen LogP contribution < -0.4 is 5.32 Å². The van der Waals surface area contributed by atoms with Gasteiger partial charge in [0, 0.05) is 15.5 Å². The molecule has 0 saturated heterocycles. The number of nitrogens with one attached hydrogen (secondary N) is 1. The molecule has 3 aromatic rings. The van der Waals surface area contributed by atoms with E-state index >= 15 is 0 Å². The first-order valence-electron chi connectivity index (χ1n) is 7.27. The van der Waals surface area contributed by atoms with Crippen molar-refractivity contribution in [2.45, 2.75) is 13.3 Å². The van der Waals surface area contributed by atoms with Gasteiger partial charge in [-0.2, -0.15) is 5.10 Å². The molecule has 5 heteroatoms. The summed E-state index contributed by atoms with van der Waals surface area (Å²) in [5.41, 5.74) is 3.78. The lowest BCUT2D eigenvalue weighted by Gasteiger charge is -2.08. The molecule has 4 nitrogen and oxygen atoms in total. The van der Waals surface area contributed by atoms with Crippen LogP contribution in [0, 0.1) is 10.5 Å². The highest BCUT2D eigenvalue weighted by Crippen LogP contribution is 2.18. The maximum absolute atomic E-state index is 12.2. The Labute approximate surface area is 148 Å². The van der Waals surface area contributed by atoms with Gasteiger partial charge in [-0.1, -0.05) is 18.2 Å². The second-order valence-corrected chi connectivity index (χ2v) is 6.56. The largest absolute Gasteiger partial charge is 0.326 e. The van der Waals surface area contributed by atoms with Crippen LogP contribution in [-0.4, -0.2) is 15.7 Å². The zero-order chi connectivity index (χ0) is 16.2. The molecule has 0 unspecified atom stereocenters. The minimum absolute atomic E-state index is 0.0399. The van der Waals surface area contributed by atoms with E-state index in [4.69, 9.17) is 0 Å². The Morgan fingerprint density at radius 3 is 2.74 bits per heavy atom. The molecule has 0 aliphatic rings. The van der Waals surface area contributed by atoms with Crippen molar-refractivity contribution in [1.29, 1.82) is 0 Å². The number of aryl methyl sites for hydroxylation is 1. The molecular weight excluding hydrogens is 401 g/mol. The lowest BCUT2D eigenvalue weighted by Crippen LogP contribution is -2.14. The summed E-state index contributed by atoms with van der Waals surface area (Å²) in [6.07, 6.45) is 3.92. The van der Waals surface area contributed by atoms with Crippen LogP contribution in [-0.2, 0) is 11.2 Å². The summed E-state index contributed by atoms with van der Waals surface area (Å²) in [5.74, 6) is -0.0399. The van der Waals surface area contributed by atoms with E-state index in [-0.39, 0.29) is 5.91 Å². The van der Waals surface area contributed by atoms with Crippen LogP contribution in [0.3, 0.4) is 0 Å². The third kappa shape index (κ3) is 3.98. The van der Waals surface area contributed by atoms with Crippen molar-refractivity contribution in [3.8, 4) is 5.69 Å². The number of hydrogen-bond donors (Lipinski definition) is 1. The maximum atomic E-state index is 12.2. The number of benzene rings is 2. The van der Waals surface area contributed by atoms with Crippen molar-refractivity contribution in [2.75, 3.05) is 5.32 Å². The van der Waals surface area contributed by atoms with E-state index in [2.05, 4.69) is 33.0 Å². The fourth-order valence-corrected chi connectivity index (χ4v) is 2.97. The molecule has 0 fully saturated rings. The number of nitrogens with zero attached hydrogens (tertiary/aromatic N) is 2. The number of rotatable bonds is 4. The highest BCUT2D eigenvalue weighted by Gasteiger charge is 2.08. The molecule has 0 radical (unpaired) electrons. The van der Waals surface area contributed by atoms with Crippen LogP contribution in [0.1, 0.15) is 11.1 Å². The molecule has 0 aliphatic heterocycles. The predicted molar refractivity (Wildman–Crippen MR) is 99.8 cm³/mol. The molecule has 1 heterocycles. The second kappa shape index (κ2) is 6.95. The van der Waals surface area contributed by atoms with E-state index in [1.54, 1.807) is 10.9 Å². The minimum atomic E-state index is -0.0399. The van der Waals surface area contributed by atoms with Crippen LogP contribution in [0.15, 0.2) is 60.9 Å². The summed E-state index contributed by atoms with van der Waals surface area (Å²) >= 11 is 2.26. The number of carbonyl (C=O) groups excluding carboxylic acids is 1. The van der Waals surface area contributed by atoms with Crippen LogP contribution in [0.4, 0.5) is 5.69 Å². The normalized spacial score (nSPS) is 10.5. The van der Waals surface area contributed by atoms with E-state index in [0.29, 0.717) is 6.42 Å². The van der Waals surface area contributed by atoms with Crippen LogP contribution in [0.25, 0.3) is 5.69 Å². The molecule has 1 amide bonds. The smallest absolute Gasteiger partial charge is 0.228 e. The summed E-state index contributed by atoms with van der Waals surface area (Å²) in [4.78, 5) is 12.2. The molecule has 0 spiro atoms. The zero-order valence-corrected chi connectivity index (χ0v) is 14.8. The fraction of sp³-hybridized carbons (Fsp3) is 0.111. The van der Waals surface area contributed by atoms with E-state index in [0.717, 1.165) is 26.1 Å². The lowest BCUT2D eigenvalue weighted by atomic mass is 10.2. The fourth-order valence-electron chi connectivity index (χ4n) is 2.32. The van der Waals surface area contributed by atoms with Gasteiger partial charge in [-0.05, 0) is 71.0 Å². The molecule has 23 heavy (non-hydrogen) atoms. The van der Waals surface area contributed by atoms with Crippen molar-refractivity contribution in [3.63, 3.8) is 0 Å². The first kappa shape index (κ1) is 15.7. The van der Waals surface area contributed by atoms with Crippen molar-refractivity contribution in [1.82, 2.24) is 9.78 Å². The Bertz CT molecular complexity index is 827. The average Bonchev–Trinajstić information content (AvgIpc) is 2.99. The summed E-state index contributed by atoms with van der Waals surface area (Å²) in [6.45, 7) is 1.99. The van der Waals surface area contributed by atoms with Crippen LogP contribution in [0.2, 0.25) is 0 Å². The van der Waals surface area contributed by atoms with Gasteiger partial charge in [0.15, 0.2) is 0 Å². The van der Waals surface area contributed by atoms with Gasteiger partial charge >= 0.3 is 0 Å². The van der Waals surface area contributed by atoms with Gasteiger partial charge in [-0.15, -0.1) is 0 Å². The quantitative estimate of drug-likeness (QED) is 0.654. The molecule has 0 aliphatic carbocycles. The van der Waals surface area contributed by atoms with E-state index < -0.39 is 0 Å². The zero-order valence-electron chi connectivity index (χ0n) is 12.7. The third-order valence-corrected chi connectivity index (χ3v) is 4.16. The Hall–Kier alpha value is -2.15. The summed E-state index contributed by atoms with van der Waals surface area (Å²) < 4.78 is 2.93. The van der Waals surface area contributed by atoms with Crippen LogP contribution in [0.5, 0.6) is 0 Å². The molecule has 0 bridgehead atoms. The summed E-state index contributed by atoms with van der Waals surface area (Å²) in [5, 5.41) is 7.27. The third-order valence-electron chi connectivity index (χ3n) is 3.48. The van der Waals surface area contributed by atoms with Crippen molar-refractivity contribution in [3.05, 3.63) is 75.6 Å². The summed E-state index contributed by atoms with van der Waals surface area (Å²) in [6, 6.07) is 15.8. The Morgan fingerprint density at radius 1 is 1.22 bits per heavy atom. The molecule has 116 valence electrons. The van der Waals surface area contributed by atoms with Gasteiger partial charge in [-0.3, -0.25) is 4.79 Å². The first-order chi connectivity index (χ1) is 11.1. The minimum Gasteiger partial charge on any atom is -0.326 e. The van der Waals surface area contributed by atoms with Crippen molar-refractivity contribution < 1.29 is 4.79 Å². The molecular formula is C18H16IN3O. The summed E-state index contributed by atoms with van der Waals surface area (Å²) in [7, 11) is 0. The van der Waals surface area contributed by atoms with Gasteiger partial charge in [0.2, 0.25) is 5.91 Å².